The first kappa shape index (κ1) is 12.7. The summed E-state index contributed by atoms with van der Waals surface area (Å²) in [5.74, 6) is -1.62. The van der Waals surface area contributed by atoms with Crippen molar-refractivity contribution in [1.82, 2.24) is 4.98 Å². The van der Waals surface area contributed by atoms with Gasteiger partial charge in [0.2, 0.25) is 0 Å². The Hall–Kier alpha value is -1.34. The molecule has 0 fully saturated rings. The molecule has 0 aromatic carbocycles. The molecule has 2 N–H and O–H groups in total. The number of rotatable bonds is 4. The summed E-state index contributed by atoms with van der Waals surface area (Å²) in [6.07, 6.45) is 0. The molecule has 1 aromatic rings. The second-order valence-electron chi connectivity index (χ2n) is 2.83. The second-order valence-corrected chi connectivity index (χ2v) is 4.19. The van der Waals surface area contributed by atoms with Crippen LogP contribution >= 0.6 is 22.9 Å². The zero-order chi connectivity index (χ0) is 12.3. The summed E-state index contributed by atoms with van der Waals surface area (Å²) in [6, 6.07) is -0.812. The van der Waals surface area contributed by atoms with Crippen LogP contribution in [0.15, 0.2) is 0 Å². The molecule has 0 spiro atoms. The average Bonchev–Trinajstić information content (AvgIpc) is 2.58. The Bertz CT molecular complexity index is 420. The summed E-state index contributed by atoms with van der Waals surface area (Å²) in [4.78, 5) is 25.7. The van der Waals surface area contributed by atoms with Gasteiger partial charge in [0, 0.05) is 0 Å². The molecular weight excluding hydrogens is 256 g/mol. The Morgan fingerprint density at radius 2 is 2.25 bits per heavy atom. The minimum absolute atomic E-state index is 0.00283. The summed E-state index contributed by atoms with van der Waals surface area (Å²) in [5.41, 5.74) is 0. The van der Waals surface area contributed by atoms with Crippen molar-refractivity contribution < 1.29 is 19.4 Å². The molecule has 1 atom stereocenters. The molecule has 0 aliphatic carbocycles. The monoisotopic (exact) mass is 264 g/mol. The second kappa shape index (κ2) is 5.13. The van der Waals surface area contributed by atoms with Crippen LogP contribution in [0.1, 0.15) is 16.6 Å². The van der Waals surface area contributed by atoms with E-state index in [0.717, 1.165) is 11.3 Å². The lowest BCUT2D eigenvalue weighted by atomic mass is 10.4. The van der Waals surface area contributed by atoms with Gasteiger partial charge in [-0.2, -0.15) is 0 Å². The van der Waals surface area contributed by atoms with Gasteiger partial charge in [0.15, 0.2) is 15.2 Å². The van der Waals surface area contributed by atoms with Crippen molar-refractivity contribution in [3.8, 4) is 0 Å². The molecule has 6 nitrogen and oxygen atoms in total. The van der Waals surface area contributed by atoms with Crippen molar-refractivity contribution in [2.75, 3.05) is 12.4 Å². The molecule has 0 aliphatic rings. The fourth-order valence-corrected chi connectivity index (χ4v) is 2.02. The topological polar surface area (TPSA) is 88.5 Å². The molecule has 0 saturated carbocycles. The summed E-state index contributed by atoms with van der Waals surface area (Å²) >= 11 is 6.64. The van der Waals surface area contributed by atoms with Gasteiger partial charge in [-0.05, 0) is 6.92 Å². The largest absolute Gasteiger partial charge is 0.480 e. The molecule has 1 aromatic heterocycles. The van der Waals surface area contributed by atoms with Crippen LogP contribution in [0.5, 0.6) is 0 Å². The summed E-state index contributed by atoms with van der Waals surface area (Å²) in [7, 11) is 1.23. The van der Waals surface area contributed by atoms with Gasteiger partial charge < -0.3 is 15.2 Å². The molecule has 0 amide bonds. The third-order valence-corrected chi connectivity index (χ3v) is 3.02. The number of carboxylic acid groups (broad SMARTS) is 1. The number of aromatic nitrogens is 1. The Kier molecular flexibility index (Phi) is 4.08. The number of hydrogen-bond acceptors (Lipinski definition) is 6. The lowest BCUT2D eigenvalue weighted by Gasteiger charge is -2.05. The van der Waals surface area contributed by atoms with Crippen LogP contribution in [0.25, 0.3) is 0 Å². The van der Waals surface area contributed by atoms with Crippen molar-refractivity contribution in [3.05, 3.63) is 10.0 Å². The van der Waals surface area contributed by atoms with E-state index in [1.165, 1.54) is 14.0 Å². The molecule has 8 heteroatoms. The molecule has 88 valence electrons. The van der Waals surface area contributed by atoms with Gasteiger partial charge in [-0.3, -0.25) is 4.79 Å². The highest BCUT2D eigenvalue weighted by molar-refractivity contribution is 7.18. The molecular formula is C8H9ClN2O4S. The van der Waals surface area contributed by atoms with Crippen LogP contribution in [0, 0.1) is 0 Å². The maximum absolute atomic E-state index is 11.2. The Morgan fingerprint density at radius 1 is 1.62 bits per heavy atom. The number of esters is 1. The summed E-state index contributed by atoms with van der Waals surface area (Å²) in [6.45, 7) is 1.45. The van der Waals surface area contributed by atoms with Crippen molar-refractivity contribution >= 4 is 40.0 Å². The van der Waals surface area contributed by atoms with Crippen molar-refractivity contribution in [1.29, 1.82) is 0 Å². The van der Waals surface area contributed by atoms with Crippen LogP contribution in [-0.4, -0.2) is 35.2 Å². The molecule has 0 radical (unpaired) electrons. The number of anilines is 1. The highest BCUT2D eigenvalue weighted by atomic mass is 35.5. The SMILES string of the molecule is COC(=O)c1sc(N[C@@H](C)C(=O)O)nc1Cl. The van der Waals surface area contributed by atoms with E-state index in [1.807, 2.05) is 0 Å². The molecule has 1 heterocycles. The summed E-state index contributed by atoms with van der Waals surface area (Å²) in [5, 5.41) is 11.5. The number of nitrogens with zero attached hydrogens (tertiary/aromatic N) is 1. The maximum atomic E-state index is 11.2. The first-order chi connectivity index (χ1) is 7.45. The van der Waals surface area contributed by atoms with Gasteiger partial charge in [0.05, 0.1) is 7.11 Å². The van der Waals surface area contributed by atoms with E-state index in [9.17, 15) is 9.59 Å². The zero-order valence-corrected chi connectivity index (χ0v) is 10.1. The molecule has 0 saturated heterocycles. The number of thiazole rings is 1. The van der Waals surface area contributed by atoms with Crippen molar-refractivity contribution in [2.45, 2.75) is 13.0 Å². The number of aliphatic carboxylic acids is 1. The van der Waals surface area contributed by atoms with Gasteiger partial charge >= 0.3 is 11.9 Å². The number of ether oxygens (including phenoxy) is 1. The number of nitrogens with one attached hydrogen (secondary N) is 1. The van der Waals surface area contributed by atoms with Gasteiger partial charge in [-0.15, -0.1) is 0 Å². The van der Waals surface area contributed by atoms with E-state index >= 15 is 0 Å². The maximum Gasteiger partial charge on any atom is 0.351 e. The van der Waals surface area contributed by atoms with Gasteiger partial charge in [-0.1, -0.05) is 22.9 Å². The van der Waals surface area contributed by atoms with Gasteiger partial charge in [-0.25, -0.2) is 9.78 Å². The number of carboxylic acids is 1. The molecule has 16 heavy (non-hydrogen) atoms. The normalized spacial score (nSPS) is 11.9. The number of methoxy groups -OCH3 is 1. The predicted molar refractivity (Wildman–Crippen MR) is 59.2 cm³/mol. The number of carbonyl (C=O) groups excluding carboxylic acids is 1. The first-order valence-corrected chi connectivity index (χ1v) is 5.39. The van der Waals surface area contributed by atoms with Crippen molar-refractivity contribution in [2.24, 2.45) is 0 Å². The molecule has 0 unspecified atom stereocenters. The Morgan fingerprint density at radius 3 is 2.75 bits per heavy atom. The molecule has 0 bridgehead atoms. The van der Waals surface area contributed by atoms with Gasteiger partial charge in [0.1, 0.15) is 6.04 Å². The van der Waals surface area contributed by atoms with E-state index in [2.05, 4.69) is 15.0 Å². The van der Waals surface area contributed by atoms with E-state index in [4.69, 9.17) is 16.7 Å². The van der Waals surface area contributed by atoms with E-state index < -0.39 is 18.0 Å². The quantitative estimate of drug-likeness (QED) is 0.801. The van der Waals surface area contributed by atoms with E-state index in [1.54, 1.807) is 0 Å². The average molecular weight is 265 g/mol. The standard InChI is InChI=1S/C8H9ClN2O4S/c1-3(6(12)13)10-8-11-5(9)4(16-8)7(14)15-2/h3H,1-2H3,(H,10,11)(H,12,13)/t3-/m0/s1. The third-order valence-electron chi connectivity index (χ3n) is 1.67. The fraction of sp³-hybridized carbons (Fsp3) is 0.375. The number of halogens is 1. The summed E-state index contributed by atoms with van der Waals surface area (Å²) < 4.78 is 4.49. The van der Waals surface area contributed by atoms with Crippen LogP contribution in [0.2, 0.25) is 5.15 Å². The predicted octanol–water partition coefficient (Wildman–Crippen LogP) is 1.47. The molecule has 1 rings (SSSR count). The van der Waals surface area contributed by atoms with E-state index in [-0.39, 0.29) is 15.2 Å². The lowest BCUT2D eigenvalue weighted by Crippen LogP contribution is -2.25. The smallest absolute Gasteiger partial charge is 0.351 e. The molecule has 0 aliphatic heterocycles. The highest BCUT2D eigenvalue weighted by Crippen LogP contribution is 2.27. The highest BCUT2D eigenvalue weighted by Gasteiger charge is 2.19. The first-order valence-electron chi connectivity index (χ1n) is 4.19. The van der Waals surface area contributed by atoms with E-state index in [0.29, 0.717) is 0 Å². The van der Waals surface area contributed by atoms with Crippen molar-refractivity contribution in [3.63, 3.8) is 0 Å². The fourth-order valence-electron chi connectivity index (χ4n) is 0.829. The Balaban J connectivity index is 2.85. The number of hydrogen-bond donors (Lipinski definition) is 2. The van der Waals surface area contributed by atoms with Crippen LogP contribution in [0.4, 0.5) is 5.13 Å². The lowest BCUT2D eigenvalue weighted by molar-refractivity contribution is -0.137. The number of carbonyl (C=O) groups is 2. The minimum Gasteiger partial charge on any atom is -0.480 e. The Labute approximate surface area is 100 Å². The van der Waals surface area contributed by atoms with Crippen LogP contribution in [-0.2, 0) is 9.53 Å². The third kappa shape index (κ3) is 2.83. The minimum atomic E-state index is -1.02. The van der Waals surface area contributed by atoms with Crippen LogP contribution < -0.4 is 5.32 Å². The zero-order valence-electron chi connectivity index (χ0n) is 8.48. The van der Waals surface area contributed by atoms with Gasteiger partial charge in [0.25, 0.3) is 0 Å². The van der Waals surface area contributed by atoms with Crippen LogP contribution in [0.3, 0.4) is 0 Å².